The van der Waals surface area contributed by atoms with Crippen LogP contribution in [0.15, 0.2) is 77.5 Å². The van der Waals surface area contributed by atoms with Gasteiger partial charge in [0.15, 0.2) is 0 Å². The Kier molecular flexibility index (Phi) is 7.90. The van der Waals surface area contributed by atoms with Gasteiger partial charge in [0.2, 0.25) is 17.8 Å². The van der Waals surface area contributed by atoms with Crippen molar-refractivity contribution in [3.63, 3.8) is 0 Å². The first kappa shape index (κ1) is 25.3. The van der Waals surface area contributed by atoms with Crippen LogP contribution in [-0.4, -0.2) is 32.8 Å². The number of nitrogens with one attached hydrogen (secondary N) is 1. The number of hydrogen-bond donors (Lipinski definition) is 1. The van der Waals surface area contributed by atoms with Gasteiger partial charge in [-0.3, -0.25) is 19.5 Å². The molecule has 2 heterocycles. The highest BCUT2D eigenvalue weighted by molar-refractivity contribution is 6.30. The molecule has 0 unspecified atom stereocenters. The van der Waals surface area contributed by atoms with Crippen LogP contribution in [0.25, 0.3) is 16.9 Å². The van der Waals surface area contributed by atoms with Gasteiger partial charge in [-0.2, -0.15) is 0 Å². The Morgan fingerprint density at radius 3 is 2.44 bits per heavy atom. The van der Waals surface area contributed by atoms with E-state index in [1.165, 1.54) is 4.90 Å². The number of aryl methyl sites for hydroxylation is 1. The lowest BCUT2D eigenvalue weighted by molar-refractivity contribution is -0.136. The number of rotatable bonds is 9. The van der Waals surface area contributed by atoms with Crippen molar-refractivity contribution in [3.8, 4) is 16.9 Å². The molecule has 0 saturated heterocycles. The van der Waals surface area contributed by atoms with E-state index in [0.29, 0.717) is 28.8 Å². The van der Waals surface area contributed by atoms with Crippen LogP contribution in [0, 0.1) is 12.8 Å². The lowest BCUT2D eigenvalue weighted by atomic mass is 10.1. The number of nitrogens with zero attached hydrogens (tertiary/aromatic N) is 3. The molecule has 0 fully saturated rings. The monoisotopic (exact) mass is 504 g/mol. The summed E-state index contributed by atoms with van der Waals surface area (Å²) in [6.07, 6.45) is 3.76. The maximum atomic E-state index is 13.2. The number of furan rings is 1. The van der Waals surface area contributed by atoms with Crippen LogP contribution < -0.4 is 5.32 Å². The highest BCUT2D eigenvalue weighted by Gasteiger charge is 2.21. The average Bonchev–Trinajstić information content (AvgIpc) is 3.49. The third-order valence-corrected chi connectivity index (χ3v) is 5.86. The first-order chi connectivity index (χ1) is 17.3. The minimum Gasteiger partial charge on any atom is -0.467 e. The van der Waals surface area contributed by atoms with Crippen molar-refractivity contribution in [2.24, 2.45) is 5.92 Å². The van der Waals surface area contributed by atoms with E-state index in [0.717, 1.165) is 16.8 Å². The van der Waals surface area contributed by atoms with Gasteiger partial charge in [-0.1, -0.05) is 55.3 Å². The van der Waals surface area contributed by atoms with Crippen LogP contribution in [0.5, 0.6) is 0 Å². The van der Waals surface area contributed by atoms with E-state index in [2.05, 4.69) is 5.32 Å². The number of amides is 2. The molecule has 1 N–H and O–H groups in total. The molecule has 0 radical (unpaired) electrons. The van der Waals surface area contributed by atoms with Crippen molar-refractivity contribution in [2.75, 3.05) is 11.9 Å². The van der Waals surface area contributed by atoms with Crippen LogP contribution in [0.4, 0.5) is 5.95 Å². The molecule has 36 heavy (non-hydrogen) atoms. The Morgan fingerprint density at radius 2 is 1.81 bits per heavy atom. The SMILES string of the molecule is Cc1ccc(-n2cc(-c3ccc(Cl)cc3)nc2NC(=O)CN(Cc2ccco2)C(=O)CC(C)C)cc1. The molecule has 0 aliphatic rings. The van der Waals surface area contributed by atoms with E-state index < -0.39 is 0 Å². The minimum atomic E-state index is -0.347. The lowest BCUT2D eigenvalue weighted by Gasteiger charge is -2.22. The number of hydrogen-bond acceptors (Lipinski definition) is 4. The largest absolute Gasteiger partial charge is 0.467 e. The fourth-order valence-electron chi connectivity index (χ4n) is 3.77. The maximum Gasteiger partial charge on any atom is 0.246 e. The summed E-state index contributed by atoms with van der Waals surface area (Å²) in [4.78, 5) is 32.2. The van der Waals surface area contributed by atoms with Gasteiger partial charge in [0.1, 0.15) is 12.3 Å². The van der Waals surface area contributed by atoms with Gasteiger partial charge in [0.25, 0.3) is 0 Å². The zero-order valence-electron chi connectivity index (χ0n) is 20.6. The molecule has 4 aromatic rings. The van der Waals surface area contributed by atoms with Gasteiger partial charge in [-0.05, 0) is 49.2 Å². The van der Waals surface area contributed by atoms with Gasteiger partial charge in [-0.15, -0.1) is 0 Å². The molecule has 0 aliphatic carbocycles. The van der Waals surface area contributed by atoms with Crippen LogP contribution in [0.2, 0.25) is 5.02 Å². The van der Waals surface area contributed by atoms with Gasteiger partial charge < -0.3 is 9.32 Å². The number of aromatic nitrogens is 2. The first-order valence-electron chi connectivity index (χ1n) is 11.8. The smallest absolute Gasteiger partial charge is 0.246 e. The quantitative estimate of drug-likeness (QED) is 0.298. The molecule has 2 aromatic heterocycles. The summed E-state index contributed by atoms with van der Waals surface area (Å²) >= 11 is 6.05. The predicted molar refractivity (Wildman–Crippen MR) is 141 cm³/mol. The van der Waals surface area contributed by atoms with E-state index in [1.54, 1.807) is 30.5 Å². The molecule has 4 rings (SSSR count). The zero-order valence-corrected chi connectivity index (χ0v) is 21.3. The second-order valence-electron chi connectivity index (χ2n) is 9.14. The minimum absolute atomic E-state index is 0.111. The highest BCUT2D eigenvalue weighted by Crippen LogP contribution is 2.26. The Hall–Kier alpha value is -3.84. The third kappa shape index (κ3) is 6.43. The van der Waals surface area contributed by atoms with Crippen molar-refractivity contribution >= 4 is 29.4 Å². The van der Waals surface area contributed by atoms with Crippen molar-refractivity contribution in [1.82, 2.24) is 14.5 Å². The lowest BCUT2D eigenvalue weighted by Crippen LogP contribution is -2.38. The van der Waals surface area contributed by atoms with Crippen LogP contribution in [-0.2, 0) is 16.1 Å². The van der Waals surface area contributed by atoms with Gasteiger partial charge >= 0.3 is 0 Å². The van der Waals surface area contributed by atoms with Crippen molar-refractivity contribution in [3.05, 3.63) is 89.5 Å². The standard InChI is InChI=1S/C28H29ClN4O3/c1-19(2)15-27(35)32(16-24-5-4-14-36-24)18-26(34)31-28-30-25(21-8-10-22(29)11-9-21)17-33(28)23-12-6-20(3)7-13-23/h4-14,17,19H,15-16,18H2,1-3H3,(H,30,31,34). The Labute approximate surface area is 215 Å². The molecule has 0 atom stereocenters. The van der Waals surface area contributed by atoms with Gasteiger partial charge in [0.05, 0.1) is 18.5 Å². The Balaban J connectivity index is 1.60. The van der Waals surface area contributed by atoms with Crippen molar-refractivity contribution in [1.29, 1.82) is 0 Å². The molecule has 8 heteroatoms. The Morgan fingerprint density at radius 1 is 1.08 bits per heavy atom. The molecule has 186 valence electrons. The number of halogens is 1. The number of imidazole rings is 1. The normalized spacial score (nSPS) is 11.0. The van der Waals surface area contributed by atoms with E-state index in [9.17, 15) is 9.59 Å². The summed E-state index contributed by atoms with van der Waals surface area (Å²) in [6, 6.07) is 18.8. The van der Waals surface area contributed by atoms with E-state index in [-0.39, 0.29) is 30.8 Å². The predicted octanol–water partition coefficient (Wildman–Crippen LogP) is 6.11. The van der Waals surface area contributed by atoms with Crippen LogP contribution in [0.1, 0.15) is 31.6 Å². The highest BCUT2D eigenvalue weighted by atomic mass is 35.5. The average molecular weight is 505 g/mol. The van der Waals surface area contributed by atoms with E-state index in [4.69, 9.17) is 21.0 Å². The van der Waals surface area contributed by atoms with Crippen LogP contribution in [0.3, 0.4) is 0 Å². The summed E-state index contributed by atoms with van der Waals surface area (Å²) in [5, 5.41) is 3.54. The number of carbonyl (C=O) groups is 2. The molecule has 0 aliphatic heterocycles. The summed E-state index contributed by atoms with van der Waals surface area (Å²) in [7, 11) is 0. The Bertz CT molecular complexity index is 1310. The molecule has 0 bridgehead atoms. The first-order valence-corrected chi connectivity index (χ1v) is 12.2. The van der Waals surface area contributed by atoms with Gasteiger partial charge in [-0.25, -0.2) is 4.98 Å². The fraction of sp³-hybridized carbons (Fsp3) is 0.250. The number of anilines is 1. The van der Waals surface area contributed by atoms with E-state index in [1.807, 2.05) is 67.9 Å². The topological polar surface area (TPSA) is 80.4 Å². The zero-order chi connectivity index (χ0) is 25.7. The fourth-order valence-corrected chi connectivity index (χ4v) is 3.90. The second-order valence-corrected chi connectivity index (χ2v) is 9.57. The van der Waals surface area contributed by atoms with E-state index >= 15 is 0 Å². The number of carbonyl (C=O) groups excluding carboxylic acids is 2. The number of benzene rings is 2. The third-order valence-electron chi connectivity index (χ3n) is 5.61. The van der Waals surface area contributed by atoms with Crippen LogP contribution >= 0.6 is 11.6 Å². The van der Waals surface area contributed by atoms with Crippen molar-refractivity contribution in [2.45, 2.75) is 33.7 Å². The molecular weight excluding hydrogens is 476 g/mol. The molecule has 0 spiro atoms. The molecule has 2 amide bonds. The molecule has 7 nitrogen and oxygen atoms in total. The molecule has 2 aromatic carbocycles. The summed E-state index contributed by atoms with van der Waals surface area (Å²) in [6.45, 7) is 6.05. The van der Waals surface area contributed by atoms with Gasteiger partial charge in [0, 0.05) is 28.9 Å². The summed E-state index contributed by atoms with van der Waals surface area (Å²) in [5.74, 6) is 0.691. The summed E-state index contributed by atoms with van der Waals surface area (Å²) in [5.41, 5.74) is 3.53. The van der Waals surface area contributed by atoms with Crippen molar-refractivity contribution < 1.29 is 14.0 Å². The summed E-state index contributed by atoms with van der Waals surface area (Å²) < 4.78 is 7.24. The maximum absolute atomic E-state index is 13.2. The molecular formula is C28H29ClN4O3. The molecule has 0 saturated carbocycles. The second kappa shape index (κ2) is 11.3.